The van der Waals surface area contributed by atoms with Gasteiger partial charge in [0, 0.05) is 22.3 Å². The van der Waals surface area contributed by atoms with Crippen molar-refractivity contribution < 1.29 is 9.59 Å². The highest BCUT2D eigenvalue weighted by molar-refractivity contribution is 6.30. The van der Waals surface area contributed by atoms with Crippen molar-refractivity contribution in [1.29, 1.82) is 0 Å². The minimum absolute atomic E-state index is 0.0743. The summed E-state index contributed by atoms with van der Waals surface area (Å²) in [7, 11) is 0. The minimum Gasteiger partial charge on any atom is -0.289 e. The Kier molecular flexibility index (Phi) is 3.35. The second-order valence-electron chi connectivity index (χ2n) is 8.28. The summed E-state index contributed by atoms with van der Waals surface area (Å²) in [6.07, 6.45) is 0. The van der Waals surface area contributed by atoms with Gasteiger partial charge in [-0.25, -0.2) is 0 Å². The van der Waals surface area contributed by atoms with E-state index in [9.17, 15) is 9.59 Å². The summed E-state index contributed by atoms with van der Waals surface area (Å²) in [4.78, 5) is 26.8. The fourth-order valence-corrected chi connectivity index (χ4v) is 4.61. The number of hydrogen-bond acceptors (Lipinski definition) is 2. The molecular formula is C28H18O2. The van der Waals surface area contributed by atoms with Crippen LogP contribution in [0.5, 0.6) is 0 Å². The van der Waals surface area contributed by atoms with E-state index in [1.54, 1.807) is 0 Å². The molecule has 0 fully saturated rings. The molecule has 142 valence electrons. The first-order valence-corrected chi connectivity index (χ1v) is 10.1. The minimum atomic E-state index is -0.0743. The van der Waals surface area contributed by atoms with E-state index >= 15 is 0 Å². The highest BCUT2D eigenvalue weighted by atomic mass is 16.1. The fraction of sp³-hybridized carbons (Fsp3) is 0.0714. The SMILES string of the molecule is Cc1cc2cc3c(cc2cc1C)C(=O)c1cc2cc4ccccc4cc2cc1C3=O. The second kappa shape index (κ2) is 5.87. The van der Waals surface area contributed by atoms with Crippen molar-refractivity contribution in [3.05, 3.63) is 106 Å². The van der Waals surface area contributed by atoms with E-state index in [0.29, 0.717) is 22.3 Å². The molecule has 0 unspecified atom stereocenters. The van der Waals surface area contributed by atoms with E-state index in [0.717, 1.165) is 32.3 Å². The third kappa shape index (κ3) is 2.31. The zero-order valence-electron chi connectivity index (χ0n) is 16.7. The van der Waals surface area contributed by atoms with E-state index in [1.165, 1.54) is 11.1 Å². The van der Waals surface area contributed by atoms with Gasteiger partial charge in [-0.2, -0.15) is 0 Å². The molecule has 0 heterocycles. The third-order valence-corrected chi connectivity index (χ3v) is 6.41. The van der Waals surface area contributed by atoms with Crippen LogP contribution >= 0.6 is 0 Å². The average molecular weight is 386 g/mol. The molecule has 0 radical (unpaired) electrons. The summed E-state index contributed by atoms with van der Waals surface area (Å²) < 4.78 is 0. The molecule has 0 atom stereocenters. The van der Waals surface area contributed by atoms with Crippen molar-refractivity contribution >= 4 is 43.9 Å². The van der Waals surface area contributed by atoms with Gasteiger partial charge in [0.1, 0.15) is 0 Å². The predicted octanol–water partition coefficient (Wildman–Crippen LogP) is 6.54. The first-order chi connectivity index (χ1) is 14.5. The number of carbonyl (C=O) groups is 2. The lowest BCUT2D eigenvalue weighted by Gasteiger charge is -2.19. The highest BCUT2D eigenvalue weighted by Gasteiger charge is 2.30. The zero-order valence-corrected chi connectivity index (χ0v) is 16.7. The number of rotatable bonds is 0. The van der Waals surface area contributed by atoms with E-state index < -0.39 is 0 Å². The van der Waals surface area contributed by atoms with Gasteiger partial charge in [-0.3, -0.25) is 9.59 Å². The van der Waals surface area contributed by atoms with Gasteiger partial charge >= 0.3 is 0 Å². The van der Waals surface area contributed by atoms with Crippen molar-refractivity contribution in [3.63, 3.8) is 0 Å². The van der Waals surface area contributed by atoms with Crippen LogP contribution in [0.2, 0.25) is 0 Å². The van der Waals surface area contributed by atoms with Crippen LogP contribution in [0.4, 0.5) is 0 Å². The predicted molar refractivity (Wildman–Crippen MR) is 122 cm³/mol. The average Bonchev–Trinajstić information content (AvgIpc) is 2.75. The normalized spacial score (nSPS) is 13.1. The summed E-state index contributed by atoms with van der Waals surface area (Å²) >= 11 is 0. The Morgan fingerprint density at radius 3 is 1.13 bits per heavy atom. The van der Waals surface area contributed by atoms with Gasteiger partial charge in [0.05, 0.1) is 0 Å². The molecule has 2 heteroatoms. The monoisotopic (exact) mass is 386 g/mol. The third-order valence-electron chi connectivity index (χ3n) is 6.41. The lowest BCUT2D eigenvalue weighted by molar-refractivity contribution is 0.0979. The van der Waals surface area contributed by atoms with E-state index in [4.69, 9.17) is 0 Å². The summed E-state index contributed by atoms with van der Waals surface area (Å²) in [5, 5.41) is 6.18. The molecule has 1 aliphatic carbocycles. The molecule has 0 spiro atoms. The van der Waals surface area contributed by atoms with Crippen molar-refractivity contribution in [2.45, 2.75) is 13.8 Å². The molecule has 5 aromatic rings. The molecule has 6 rings (SSSR count). The van der Waals surface area contributed by atoms with E-state index in [1.807, 2.05) is 36.4 Å². The standard InChI is InChI=1S/C28H18O2/c1-15-7-19-11-23-24(12-20(19)8-16(15)2)28(30)26-14-22-10-18-6-4-3-5-17(18)9-21(22)13-25(26)27(23)29/h3-14H,1-2H3. The van der Waals surface area contributed by atoms with Crippen LogP contribution in [0.1, 0.15) is 43.0 Å². The van der Waals surface area contributed by atoms with Crippen LogP contribution in [0.3, 0.4) is 0 Å². The van der Waals surface area contributed by atoms with Crippen LogP contribution in [0.25, 0.3) is 32.3 Å². The largest absolute Gasteiger partial charge is 0.289 e. The van der Waals surface area contributed by atoms with Crippen molar-refractivity contribution in [3.8, 4) is 0 Å². The van der Waals surface area contributed by atoms with Crippen LogP contribution in [0.15, 0.2) is 72.8 Å². The Morgan fingerprint density at radius 1 is 0.433 bits per heavy atom. The quantitative estimate of drug-likeness (QED) is 0.278. The first kappa shape index (κ1) is 17.1. The molecule has 0 aliphatic heterocycles. The van der Waals surface area contributed by atoms with Gasteiger partial charge in [-0.15, -0.1) is 0 Å². The van der Waals surface area contributed by atoms with Gasteiger partial charge in [0.25, 0.3) is 0 Å². The number of aryl methyl sites for hydroxylation is 2. The fourth-order valence-electron chi connectivity index (χ4n) is 4.61. The van der Waals surface area contributed by atoms with Crippen LogP contribution in [0, 0.1) is 13.8 Å². The maximum Gasteiger partial charge on any atom is 0.194 e. The number of fused-ring (bicyclic) bond motifs is 5. The first-order valence-electron chi connectivity index (χ1n) is 10.1. The van der Waals surface area contributed by atoms with Gasteiger partial charge in [-0.1, -0.05) is 36.4 Å². The number of carbonyl (C=O) groups excluding carboxylic acids is 2. The maximum absolute atomic E-state index is 13.4. The summed E-state index contributed by atoms with van der Waals surface area (Å²) in [6.45, 7) is 4.12. The Labute approximate surface area is 173 Å². The molecule has 0 amide bonds. The molecule has 0 bridgehead atoms. The topological polar surface area (TPSA) is 34.1 Å². The van der Waals surface area contributed by atoms with Gasteiger partial charge < -0.3 is 0 Å². The Morgan fingerprint density at radius 2 is 0.767 bits per heavy atom. The Hall–Kier alpha value is -3.78. The van der Waals surface area contributed by atoms with E-state index in [-0.39, 0.29) is 11.6 Å². The van der Waals surface area contributed by atoms with Gasteiger partial charge in [0.2, 0.25) is 0 Å². The summed E-state index contributed by atoms with van der Waals surface area (Å²) in [5.74, 6) is -0.149. The molecule has 0 saturated heterocycles. The molecule has 5 aromatic carbocycles. The molecule has 0 N–H and O–H groups in total. The Bertz CT molecular complexity index is 1470. The molecular weight excluding hydrogens is 368 g/mol. The molecule has 0 aromatic heterocycles. The summed E-state index contributed by atoms with van der Waals surface area (Å²) in [5.41, 5.74) is 4.36. The molecule has 30 heavy (non-hydrogen) atoms. The van der Waals surface area contributed by atoms with Crippen molar-refractivity contribution in [1.82, 2.24) is 0 Å². The van der Waals surface area contributed by atoms with Crippen LogP contribution < -0.4 is 0 Å². The number of ketones is 2. The second-order valence-corrected chi connectivity index (χ2v) is 8.28. The molecule has 2 nitrogen and oxygen atoms in total. The van der Waals surface area contributed by atoms with Crippen molar-refractivity contribution in [2.24, 2.45) is 0 Å². The van der Waals surface area contributed by atoms with Crippen LogP contribution in [-0.4, -0.2) is 11.6 Å². The van der Waals surface area contributed by atoms with Crippen LogP contribution in [-0.2, 0) is 0 Å². The van der Waals surface area contributed by atoms with E-state index in [2.05, 4.69) is 50.2 Å². The maximum atomic E-state index is 13.4. The van der Waals surface area contributed by atoms with Crippen molar-refractivity contribution in [2.75, 3.05) is 0 Å². The smallest absolute Gasteiger partial charge is 0.194 e. The molecule has 1 aliphatic rings. The summed E-state index contributed by atoms with van der Waals surface area (Å²) in [6, 6.07) is 24.0. The van der Waals surface area contributed by atoms with Gasteiger partial charge in [-0.05, 0) is 93.7 Å². The lowest BCUT2D eigenvalue weighted by Crippen LogP contribution is -2.21. The number of hydrogen-bond donors (Lipinski definition) is 0. The zero-order chi connectivity index (χ0) is 20.6. The highest BCUT2D eigenvalue weighted by Crippen LogP contribution is 2.34. The van der Waals surface area contributed by atoms with Gasteiger partial charge in [0.15, 0.2) is 11.6 Å². The Balaban J connectivity index is 1.63. The number of benzene rings is 5. The lowest BCUT2D eigenvalue weighted by atomic mass is 9.81. The molecule has 0 saturated carbocycles.